The summed E-state index contributed by atoms with van der Waals surface area (Å²) in [5.41, 5.74) is 4.14. The van der Waals surface area contributed by atoms with Crippen LogP contribution in [0.15, 0.2) is 42.5 Å². The number of fused-ring (bicyclic) bond motifs is 1. The second-order valence-electron chi connectivity index (χ2n) is 10.2. The molecule has 3 aromatic rings. The molecule has 3 aliphatic rings. The van der Waals surface area contributed by atoms with Crippen LogP contribution < -0.4 is 10.1 Å². The van der Waals surface area contributed by atoms with Gasteiger partial charge in [-0.25, -0.2) is 4.79 Å². The number of carbonyl (C=O) groups is 1. The van der Waals surface area contributed by atoms with Crippen LogP contribution in [0.3, 0.4) is 0 Å². The molecule has 1 aromatic heterocycles. The molecular formula is C29H31N3O5. The number of benzene rings is 2. The fourth-order valence-corrected chi connectivity index (χ4v) is 5.20. The zero-order valence-electron chi connectivity index (χ0n) is 20.9. The molecule has 1 aliphatic heterocycles. The number of nitrogens with zero attached hydrogens (tertiary/aromatic N) is 2. The Morgan fingerprint density at radius 1 is 1.11 bits per heavy atom. The zero-order chi connectivity index (χ0) is 25.4. The van der Waals surface area contributed by atoms with E-state index in [1.807, 2.05) is 49.4 Å². The van der Waals surface area contributed by atoms with E-state index in [-0.39, 0.29) is 12.2 Å². The third-order valence-corrected chi connectivity index (χ3v) is 7.59. The van der Waals surface area contributed by atoms with Gasteiger partial charge in [-0.05, 0) is 74.8 Å². The number of aromatic nitrogens is 1. The molecule has 37 heavy (non-hydrogen) atoms. The summed E-state index contributed by atoms with van der Waals surface area (Å²) in [7, 11) is 0. The summed E-state index contributed by atoms with van der Waals surface area (Å²) < 4.78 is 24.6. The molecule has 1 atom stereocenters. The summed E-state index contributed by atoms with van der Waals surface area (Å²) in [6, 6.07) is 16.3. The van der Waals surface area contributed by atoms with Crippen LogP contribution >= 0.6 is 0 Å². The molecule has 8 nitrogen and oxygen atoms in total. The third kappa shape index (κ3) is 4.89. The number of nitrogens with one attached hydrogen (secondary N) is 1. The molecular weight excluding hydrogens is 470 g/mol. The van der Waals surface area contributed by atoms with Crippen LogP contribution in [0.1, 0.15) is 50.6 Å². The van der Waals surface area contributed by atoms with Gasteiger partial charge in [0.1, 0.15) is 30.8 Å². The van der Waals surface area contributed by atoms with Crippen LogP contribution in [-0.4, -0.2) is 42.9 Å². The second kappa shape index (κ2) is 10.1. The number of ether oxygens (including phenoxy) is 4. The van der Waals surface area contributed by atoms with Crippen molar-refractivity contribution in [3.63, 3.8) is 0 Å². The van der Waals surface area contributed by atoms with Gasteiger partial charge in [0.05, 0.1) is 30.0 Å². The zero-order valence-corrected chi connectivity index (χ0v) is 20.9. The number of amides is 1. The molecule has 2 saturated carbocycles. The summed E-state index contributed by atoms with van der Waals surface area (Å²) in [5.74, 6) is 1.22. The SMILES string of the molecule is C[C@@H](OC(=O)Nc1ccc(-c2c(C#N)c3ccc(OC4COCOC4)cc3n2C2CCC2)cc1)C1CC1. The minimum atomic E-state index is -0.435. The molecule has 6 rings (SSSR count). The topological polar surface area (TPSA) is 94.7 Å². The van der Waals surface area contributed by atoms with Crippen molar-refractivity contribution in [1.29, 1.82) is 5.26 Å². The van der Waals surface area contributed by atoms with Crippen LogP contribution in [-0.2, 0) is 14.2 Å². The Morgan fingerprint density at radius 3 is 2.51 bits per heavy atom. The van der Waals surface area contributed by atoms with E-state index in [1.165, 1.54) is 6.42 Å². The molecule has 0 bridgehead atoms. The van der Waals surface area contributed by atoms with E-state index in [2.05, 4.69) is 16.0 Å². The fraction of sp³-hybridized carbons (Fsp3) is 0.448. The third-order valence-electron chi connectivity index (χ3n) is 7.59. The molecule has 0 radical (unpaired) electrons. The normalized spacial score (nSPS) is 19.1. The van der Waals surface area contributed by atoms with E-state index in [1.54, 1.807) is 0 Å². The largest absolute Gasteiger partial charge is 0.486 e. The summed E-state index contributed by atoms with van der Waals surface area (Å²) in [6.07, 6.45) is 4.89. The molecule has 2 heterocycles. The van der Waals surface area contributed by atoms with Crippen LogP contribution in [0, 0.1) is 17.2 Å². The molecule has 1 saturated heterocycles. The molecule has 8 heteroatoms. The Morgan fingerprint density at radius 2 is 1.86 bits per heavy atom. The maximum atomic E-state index is 12.3. The van der Waals surface area contributed by atoms with Gasteiger partial charge in [-0.15, -0.1) is 0 Å². The van der Waals surface area contributed by atoms with E-state index in [9.17, 15) is 10.1 Å². The van der Waals surface area contributed by atoms with Crippen LogP contribution in [0.2, 0.25) is 0 Å². The highest BCUT2D eigenvalue weighted by atomic mass is 16.7. The van der Waals surface area contributed by atoms with Crippen molar-refractivity contribution < 1.29 is 23.7 Å². The number of rotatable bonds is 7. The van der Waals surface area contributed by atoms with Gasteiger partial charge in [-0.1, -0.05) is 12.1 Å². The lowest BCUT2D eigenvalue weighted by atomic mass is 9.92. The van der Waals surface area contributed by atoms with Gasteiger partial charge in [-0.3, -0.25) is 5.32 Å². The first-order chi connectivity index (χ1) is 18.1. The number of anilines is 1. The monoisotopic (exact) mass is 501 g/mol. The Hall–Kier alpha value is -3.54. The molecule has 1 amide bonds. The molecule has 3 fully saturated rings. The Bertz CT molecular complexity index is 1330. The number of hydrogen-bond acceptors (Lipinski definition) is 6. The summed E-state index contributed by atoms with van der Waals surface area (Å²) in [6.45, 7) is 3.22. The first kappa shape index (κ1) is 23.8. The number of nitriles is 1. The number of carbonyl (C=O) groups excluding carboxylic acids is 1. The van der Waals surface area contributed by atoms with Crippen molar-refractivity contribution >= 4 is 22.7 Å². The van der Waals surface area contributed by atoms with Crippen molar-refractivity contribution in [2.45, 2.75) is 57.3 Å². The maximum Gasteiger partial charge on any atom is 0.411 e. The van der Waals surface area contributed by atoms with E-state index < -0.39 is 6.09 Å². The number of hydrogen-bond donors (Lipinski definition) is 1. The van der Waals surface area contributed by atoms with Gasteiger partial charge in [0.25, 0.3) is 0 Å². The molecule has 0 spiro atoms. The van der Waals surface area contributed by atoms with Crippen molar-refractivity contribution in [3.05, 3.63) is 48.0 Å². The van der Waals surface area contributed by atoms with E-state index in [0.29, 0.717) is 43.2 Å². The van der Waals surface area contributed by atoms with Crippen LogP contribution in [0.4, 0.5) is 10.5 Å². The lowest BCUT2D eigenvalue weighted by molar-refractivity contribution is -0.143. The van der Waals surface area contributed by atoms with Gasteiger partial charge in [0, 0.05) is 23.2 Å². The predicted octanol–water partition coefficient (Wildman–Crippen LogP) is 6.00. The van der Waals surface area contributed by atoms with E-state index in [4.69, 9.17) is 18.9 Å². The predicted molar refractivity (Wildman–Crippen MR) is 138 cm³/mol. The lowest BCUT2D eigenvalue weighted by Crippen LogP contribution is -2.33. The molecule has 2 aliphatic carbocycles. The van der Waals surface area contributed by atoms with Crippen molar-refractivity contribution in [2.75, 3.05) is 25.3 Å². The van der Waals surface area contributed by atoms with Gasteiger partial charge in [0.2, 0.25) is 0 Å². The second-order valence-corrected chi connectivity index (χ2v) is 10.2. The average molecular weight is 502 g/mol. The lowest BCUT2D eigenvalue weighted by Gasteiger charge is -2.30. The summed E-state index contributed by atoms with van der Waals surface area (Å²) >= 11 is 0. The van der Waals surface area contributed by atoms with Gasteiger partial charge < -0.3 is 23.5 Å². The molecule has 192 valence electrons. The molecule has 0 unspecified atom stereocenters. The van der Waals surface area contributed by atoms with Gasteiger partial charge in [0.15, 0.2) is 0 Å². The van der Waals surface area contributed by atoms with E-state index in [0.717, 1.165) is 53.6 Å². The standard InChI is InChI=1S/C29H31N3O5/c1-18(19-5-6-19)36-29(33)31-21-9-7-20(8-10-21)28-26(14-30)25-12-11-23(37-24-15-34-17-35-16-24)13-27(25)32(28)22-3-2-4-22/h7-13,18-19,22,24H,2-6,15-17H2,1H3,(H,31,33)/t18-/m1/s1. The Balaban J connectivity index is 1.30. The van der Waals surface area contributed by atoms with Crippen LogP contribution in [0.5, 0.6) is 5.75 Å². The average Bonchev–Trinajstić information content (AvgIpc) is 3.68. The highest BCUT2D eigenvalue weighted by molar-refractivity contribution is 5.96. The molecule has 2 aromatic carbocycles. The Labute approximate surface area is 216 Å². The summed E-state index contributed by atoms with van der Waals surface area (Å²) in [4.78, 5) is 12.3. The first-order valence-electron chi connectivity index (χ1n) is 13.1. The van der Waals surface area contributed by atoms with Gasteiger partial charge >= 0.3 is 6.09 Å². The van der Waals surface area contributed by atoms with E-state index >= 15 is 0 Å². The molecule has 1 N–H and O–H groups in total. The van der Waals surface area contributed by atoms with Crippen LogP contribution in [0.25, 0.3) is 22.2 Å². The minimum Gasteiger partial charge on any atom is -0.486 e. The first-order valence-corrected chi connectivity index (χ1v) is 13.1. The highest BCUT2D eigenvalue weighted by Gasteiger charge is 2.31. The maximum absolute atomic E-state index is 12.3. The van der Waals surface area contributed by atoms with Crippen molar-refractivity contribution in [1.82, 2.24) is 4.57 Å². The Kier molecular flexibility index (Phi) is 6.49. The fourth-order valence-electron chi connectivity index (χ4n) is 5.20. The highest BCUT2D eigenvalue weighted by Crippen LogP contribution is 2.43. The quantitative estimate of drug-likeness (QED) is 0.426. The summed E-state index contributed by atoms with van der Waals surface area (Å²) in [5, 5.41) is 13.9. The smallest absolute Gasteiger partial charge is 0.411 e. The van der Waals surface area contributed by atoms with Gasteiger partial charge in [-0.2, -0.15) is 5.26 Å². The minimum absolute atomic E-state index is 0.0670. The van der Waals surface area contributed by atoms with Crippen molar-refractivity contribution in [3.8, 4) is 23.1 Å². The van der Waals surface area contributed by atoms with Crippen molar-refractivity contribution in [2.24, 2.45) is 5.92 Å².